The van der Waals surface area contributed by atoms with Crippen LogP contribution in [0.3, 0.4) is 0 Å². The lowest BCUT2D eigenvalue weighted by molar-refractivity contribution is 0.0714. The fourth-order valence-electron chi connectivity index (χ4n) is 4.62. The first-order chi connectivity index (χ1) is 10.3. The average Bonchev–Trinajstić information content (AvgIpc) is 2.98. The van der Waals surface area contributed by atoms with Gasteiger partial charge in [-0.05, 0) is 43.9 Å². The van der Waals surface area contributed by atoms with Gasteiger partial charge in [-0.15, -0.1) is 0 Å². The summed E-state index contributed by atoms with van der Waals surface area (Å²) < 4.78 is 6.15. The van der Waals surface area contributed by atoms with E-state index in [9.17, 15) is 0 Å². The second-order valence-corrected chi connectivity index (χ2v) is 6.86. The molecule has 3 atom stereocenters. The Morgan fingerprint density at radius 1 is 1.19 bits per heavy atom. The van der Waals surface area contributed by atoms with E-state index >= 15 is 0 Å². The van der Waals surface area contributed by atoms with E-state index in [0.717, 1.165) is 43.4 Å². The highest BCUT2D eigenvalue weighted by atomic mass is 16.5. The van der Waals surface area contributed by atoms with Gasteiger partial charge in [0.2, 0.25) is 0 Å². The van der Waals surface area contributed by atoms with Crippen LogP contribution in [0.15, 0.2) is 24.3 Å². The number of hydrogen-bond donors (Lipinski definition) is 1. The van der Waals surface area contributed by atoms with E-state index in [4.69, 9.17) is 4.74 Å². The van der Waals surface area contributed by atoms with Crippen LogP contribution < -0.4 is 10.1 Å². The lowest BCUT2D eigenvalue weighted by Crippen LogP contribution is -2.51. The van der Waals surface area contributed by atoms with Gasteiger partial charge in [0, 0.05) is 31.1 Å². The van der Waals surface area contributed by atoms with Crippen LogP contribution in [0, 0.1) is 0 Å². The molecule has 21 heavy (non-hydrogen) atoms. The fourth-order valence-corrected chi connectivity index (χ4v) is 4.62. The first-order valence-electron chi connectivity index (χ1n) is 8.57. The number of ether oxygens (including phenoxy) is 1. The number of benzene rings is 1. The third-order valence-corrected chi connectivity index (χ3v) is 5.51. The van der Waals surface area contributed by atoms with Crippen molar-refractivity contribution in [1.29, 1.82) is 0 Å². The van der Waals surface area contributed by atoms with E-state index in [2.05, 4.69) is 41.4 Å². The maximum atomic E-state index is 6.15. The highest BCUT2D eigenvalue weighted by Gasteiger charge is 2.41. The maximum absolute atomic E-state index is 6.15. The van der Waals surface area contributed by atoms with E-state index in [1.165, 1.54) is 31.2 Å². The van der Waals surface area contributed by atoms with Crippen molar-refractivity contribution in [2.45, 2.75) is 63.3 Å². The molecule has 4 rings (SSSR count). The average molecular weight is 286 g/mol. The molecule has 3 heterocycles. The Balaban J connectivity index is 1.39. The molecule has 3 unspecified atom stereocenters. The van der Waals surface area contributed by atoms with Crippen LogP contribution in [-0.4, -0.2) is 42.2 Å². The quantitative estimate of drug-likeness (QED) is 0.921. The molecule has 3 nitrogen and oxygen atoms in total. The fraction of sp³-hybridized carbons (Fsp3) is 0.667. The molecule has 0 saturated carbocycles. The monoisotopic (exact) mass is 286 g/mol. The molecule has 0 aliphatic carbocycles. The van der Waals surface area contributed by atoms with Crippen molar-refractivity contribution < 1.29 is 4.74 Å². The molecule has 0 spiro atoms. The van der Waals surface area contributed by atoms with E-state index in [0.29, 0.717) is 6.10 Å². The molecule has 1 N–H and O–H groups in total. The second-order valence-electron chi connectivity index (χ2n) is 6.86. The summed E-state index contributed by atoms with van der Waals surface area (Å²) in [4.78, 5) is 2.75. The number of para-hydroxylation sites is 1. The van der Waals surface area contributed by atoms with Crippen LogP contribution in [-0.2, 0) is 6.42 Å². The third kappa shape index (κ3) is 2.58. The van der Waals surface area contributed by atoms with Crippen molar-refractivity contribution >= 4 is 0 Å². The highest BCUT2D eigenvalue weighted by molar-refractivity contribution is 5.37. The molecule has 3 aliphatic heterocycles. The van der Waals surface area contributed by atoms with Crippen molar-refractivity contribution in [2.24, 2.45) is 0 Å². The number of piperidine rings is 1. The molecule has 3 aliphatic rings. The molecule has 3 heteroatoms. The Bertz CT molecular complexity index is 465. The summed E-state index contributed by atoms with van der Waals surface area (Å²) in [6, 6.07) is 10.8. The van der Waals surface area contributed by atoms with E-state index < -0.39 is 0 Å². The van der Waals surface area contributed by atoms with Crippen molar-refractivity contribution in [3.05, 3.63) is 29.8 Å². The van der Waals surface area contributed by atoms with Crippen LogP contribution in [0.2, 0.25) is 0 Å². The van der Waals surface area contributed by atoms with Crippen molar-refractivity contribution in [2.75, 3.05) is 13.1 Å². The number of rotatable bonds is 4. The van der Waals surface area contributed by atoms with Gasteiger partial charge in [0.1, 0.15) is 11.9 Å². The van der Waals surface area contributed by atoms with E-state index in [-0.39, 0.29) is 0 Å². The van der Waals surface area contributed by atoms with Crippen LogP contribution in [0.1, 0.15) is 38.2 Å². The van der Waals surface area contributed by atoms with Gasteiger partial charge in [0.05, 0.1) is 0 Å². The van der Waals surface area contributed by atoms with Crippen molar-refractivity contribution in [3.8, 4) is 5.75 Å². The summed E-state index contributed by atoms with van der Waals surface area (Å²) in [6.45, 7) is 4.44. The molecule has 0 radical (unpaired) electrons. The Kier molecular flexibility index (Phi) is 3.64. The zero-order valence-corrected chi connectivity index (χ0v) is 12.9. The lowest BCUT2D eigenvalue weighted by atomic mass is 9.96. The number of hydrogen-bond acceptors (Lipinski definition) is 3. The van der Waals surface area contributed by atoms with Gasteiger partial charge in [0.25, 0.3) is 0 Å². The lowest BCUT2D eigenvalue weighted by Gasteiger charge is -2.40. The van der Waals surface area contributed by atoms with Crippen LogP contribution in [0.4, 0.5) is 0 Å². The van der Waals surface area contributed by atoms with Crippen molar-refractivity contribution in [1.82, 2.24) is 10.2 Å². The summed E-state index contributed by atoms with van der Waals surface area (Å²) >= 11 is 0. The van der Waals surface area contributed by atoms with Crippen LogP contribution in [0.25, 0.3) is 0 Å². The third-order valence-electron chi connectivity index (χ3n) is 5.51. The molecule has 2 saturated heterocycles. The van der Waals surface area contributed by atoms with Gasteiger partial charge >= 0.3 is 0 Å². The predicted molar refractivity (Wildman–Crippen MR) is 84.8 cm³/mol. The molecule has 0 amide bonds. The van der Waals surface area contributed by atoms with E-state index in [1.807, 2.05) is 0 Å². The molecule has 114 valence electrons. The van der Waals surface area contributed by atoms with Gasteiger partial charge in [-0.3, -0.25) is 4.90 Å². The largest absolute Gasteiger partial charge is 0.488 e. The molecular weight excluding hydrogens is 260 g/mol. The van der Waals surface area contributed by atoms with Crippen molar-refractivity contribution in [3.63, 3.8) is 0 Å². The molecule has 2 fully saturated rings. The van der Waals surface area contributed by atoms with Gasteiger partial charge in [-0.2, -0.15) is 0 Å². The summed E-state index contributed by atoms with van der Waals surface area (Å²) in [7, 11) is 0. The maximum Gasteiger partial charge on any atom is 0.123 e. The Hall–Kier alpha value is -1.06. The van der Waals surface area contributed by atoms with Gasteiger partial charge in [-0.1, -0.05) is 25.1 Å². The zero-order chi connectivity index (χ0) is 14.2. The number of fused-ring (bicyclic) bond motifs is 3. The first kappa shape index (κ1) is 13.6. The highest BCUT2D eigenvalue weighted by Crippen LogP contribution is 2.37. The molecule has 1 aromatic carbocycles. The standard InChI is InChI=1S/C18H26N2O/c1-2-19-14-10-15-7-8-16(11-14)20(15)12-17-9-13-5-3-4-6-18(13)21-17/h3-6,14-17,19H,2,7-12H2,1H3. The minimum atomic E-state index is 0.362. The molecule has 2 bridgehead atoms. The van der Waals surface area contributed by atoms with Gasteiger partial charge < -0.3 is 10.1 Å². The van der Waals surface area contributed by atoms with Crippen LogP contribution >= 0.6 is 0 Å². The SMILES string of the molecule is CCNC1CC2CCC(C1)N2CC1Cc2ccccc2O1. The number of nitrogens with one attached hydrogen (secondary N) is 1. The number of nitrogens with zero attached hydrogens (tertiary/aromatic N) is 1. The van der Waals surface area contributed by atoms with Crippen LogP contribution in [0.5, 0.6) is 5.75 Å². The Morgan fingerprint density at radius 2 is 1.95 bits per heavy atom. The minimum absolute atomic E-state index is 0.362. The normalized spacial score (nSPS) is 34.7. The van der Waals surface area contributed by atoms with E-state index in [1.54, 1.807) is 0 Å². The summed E-state index contributed by atoms with van der Waals surface area (Å²) in [5, 5.41) is 3.66. The van der Waals surface area contributed by atoms with Gasteiger partial charge in [-0.25, -0.2) is 0 Å². The molecule has 0 aromatic heterocycles. The summed E-state index contributed by atoms with van der Waals surface area (Å²) in [5.41, 5.74) is 1.39. The second kappa shape index (κ2) is 5.62. The summed E-state index contributed by atoms with van der Waals surface area (Å²) in [5.74, 6) is 1.11. The smallest absolute Gasteiger partial charge is 0.123 e. The zero-order valence-electron chi connectivity index (χ0n) is 12.9. The predicted octanol–water partition coefficient (Wildman–Crippen LogP) is 2.60. The molecular formula is C18H26N2O. The first-order valence-corrected chi connectivity index (χ1v) is 8.57. The van der Waals surface area contributed by atoms with Gasteiger partial charge in [0.15, 0.2) is 0 Å². The Labute approximate surface area is 127 Å². The summed E-state index contributed by atoms with van der Waals surface area (Å²) in [6.07, 6.45) is 6.86. The topological polar surface area (TPSA) is 24.5 Å². The minimum Gasteiger partial charge on any atom is -0.488 e. The molecule has 1 aromatic rings. The Morgan fingerprint density at radius 3 is 2.67 bits per heavy atom.